The van der Waals surface area contributed by atoms with Crippen LogP contribution < -0.4 is 15.0 Å². The average molecular weight is 277 g/mol. The number of rotatable bonds is 6. The van der Waals surface area contributed by atoms with Gasteiger partial charge in [-0.25, -0.2) is 4.98 Å². The van der Waals surface area contributed by atoms with Crippen LogP contribution in [-0.4, -0.2) is 37.8 Å². The van der Waals surface area contributed by atoms with E-state index in [0.29, 0.717) is 6.04 Å². The molecule has 0 radical (unpaired) electrons. The van der Waals surface area contributed by atoms with E-state index in [1.807, 2.05) is 6.07 Å². The van der Waals surface area contributed by atoms with Crippen molar-refractivity contribution in [3.05, 3.63) is 18.3 Å². The highest BCUT2D eigenvalue weighted by Gasteiger charge is 2.24. The van der Waals surface area contributed by atoms with E-state index in [1.54, 1.807) is 13.3 Å². The molecular formula is C16H27N3O. The lowest BCUT2D eigenvalue weighted by molar-refractivity contribution is 0.311. The lowest BCUT2D eigenvalue weighted by Crippen LogP contribution is -2.42. The lowest BCUT2D eigenvalue weighted by atomic mass is 9.90. The Kier molecular flexibility index (Phi) is 5.65. The van der Waals surface area contributed by atoms with Gasteiger partial charge in [0.05, 0.1) is 13.3 Å². The molecule has 1 N–H and O–H groups in total. The van der Waals surface area contributed by atoms with Gasteiger partial charge in [0.1, 0.15) is 11.6 Å². The first-order valence-corrected chi connectivity index (χ1v) is 7.73. The largest absolute Gasteiger partial charge is 0.495 e. The van der Waals surface area contributed by atoms with Crippen LogP contribution in [-0.2, 0) is 0 Å². The van der Waals surface area contributed by atoms with E-state index in [9.17, 15) is 0 Å². The highest BCUT2D eigenvalue weighted by Crippen LogP contribution is 2.25. The Hall–Kier alpha value is -1.29. The molecule has 0 bridgehead atoms. The van der Waals surface area contributed by atoms with Crippen molar-refractivity contribution in [2.45, 2.75) is 39.2 Å². The summed E-state index contributed by atoms with van der Waals surface area (Å²) in [5, 5.41) is 3.62. The van der Waals surface area contributed by atoms with Crippen molar-refractivity contribution in [1.29, 1.82) is 0 Å². The van der Waals surface area contributed by atoms with Crippen molar-refractivity contribution in [2.24, 2.45) is 5.92 Å². The number of nitrogens with one attached hydrogen (secondary N) is 1. The quantitative estimate of drug-likeness (QED) is 0.867. The molecule has 0 saturated carbocycles. The van der Waals surface area contributed by atoms with Crippen LogP contribution in [0.2, 0.25) is 0 Å². The molecule has 1 aromatic rings. The van der Waals surface area contributed by atoms with Gasteiger partial charge in [-0.2, -0.15) is 0 Å². The van der Waals surface area contributed by atoms with Crippen LogP contribution in [0.1, 0.15) is 33.1 Å². The van der Waals surface area contributed by atoms with Crippen molar-refractivity contribution < 1.29 is 4.74 Å². The second-order valence-corrected chi connectivity index (χ2v) is 5.62. The molecule has 0 aromatic carbocycles. The third-order valence-electron chi connectivity index (χ3n) is 4.24. The molecule has 2 rings (SSSR count). The summed E-state index contributed by atoms with van der Waals surface area (Å²) < 4.78 is 5.15. The van der Waals surface area contributed by atoms with Gasteiger partial charge in [0, 0.05) is 19.1 Å². The zero-order chi connectivity index (χ0) is 14.4. The number of hydrogen-bond acceptors (Lipinski definition) is 4. The molecule has 0 aliphatic carbocycles. The van der Waals surface area contributed by atoms with Crippen molar-refractivity contribution in [1.82, 2.24) is 10.3 Å². The lowest BCUT2D eigenvalue weighted by Gasteiger charge is -2.35. The molecule has 4 nitrogen and oxygen atoms in total. The summed E-state index contributed by atoms with van der Waals surface area (Å²) in [5.41, 5.74) is 0. The second kappa shape index (κ2) is 7.48. The summed E-state index contributed by atoms with van der Waals surface area (Å²) in [7, 11) is 1.67. The predicted molar refractivity (Wildman–Crippen MR) is 83.5 cm³/mol. The number of hydrogen-bond donors (Lipinski definition) is 1. The predicted octanol–water partition coefficient (Wildman–Crippen LogP) is 2.69. The zero-order valence-electron chi connectivity index (χ0n) is 12.9. The molecule has 1 saturated heterocycles. The number of ether oxygens (including phenoxy) is 1. The van der Waals surface area contributed by atoms with Crippen LogP contribution in [0.25, 0.3) is 0 Å². The van der Waals surface area contributed by atoms with Gasteiger partial charge >= 0.3 is 0 Å². The normalized spacial score (nSPS) is 18.1. The number of piperidine rings is 1. The average Bonchev–Trinajstić information content (AvgIpc) is 2.53. The molecule has 1 unspecified atom stereocenters. The molecule has 2 heterocycles. The molecular weight excluding hydrogens is 250 g/mol. The van der Waals surface area contributed by atoms with E-state index in [2.05, 4.69) is 35.1 Å². The van der Waals surface area contributed by atoms with E-state index in [0.717, 1.165) is 37.1 Å². The van der Waals surface area contributed by atoms with Gasteiger partial charge in [-0.1, -0.05) is 6.92 Å². The topological polar surface area (TPSA) is 37.4 Å². The maximum absolute atomic E-state index is 5.15. The second-order valence-electron chi connectivity index (χ2n) is 5.62. The number of nitrogens with zero attached hydrogens (tertiary/aromatic N) is 2. The fourth-order valence-corrected chi connectivity index (χ4v) is 2.85. The van der Waals surface area contributed by atoms with Crippen molar-refractivity contribution in [3.63, 3.8) is 0 Å². The van der Waals surface area contributed by atoms with E-state index in [4.69, 9.17) is 4.74 Å². The molecule has 112 valence electrons. The molecule has 1 atom stereocenters. The minimum Gasteiger partial charge on any atom is -0.495 e. The van der Waals surface area contributed by atoms with Crippen molar-refractivity contribution in [2.75, 3.05) is 31.6 Å². The van der Waals surface area contributed by atoms with Crippen LogP contribution in [0.15, 0.2) is 18.3 Å². The molecule has 1 aliphatic rings. The Labute approximate surface area is 122 Å². The summed E-state index contributed by atoms with van der Waals surface area (Å²) in [5.74, 6) is 2.68. The molecule has 1 fully saturated rings. The minimum absolute atomic E-state index is 0.626. The third kappa shape index (κ3) is 3.85. The highest BCUT2D eigenvalue weighted by atomic mass is 16.5. The van der Waals surface area contributed by atoms with Crippen LogP contribution in [0, 0.1) is 5.92 Å². The first-order chi connectivity index (χ1) is 9.74. The van der Waals surface area contributed by atoms with Crippen LogP contribution in [0.3, 0.4) is 0 Å². The van der Waals surface area contributed by atoms with Crippen molar-refractivity contribution >= 4 is 5.82 Å². The maximum Gasteiger partial charge on any atom is 0.137 e. The summed E-state index contributed by atoms with van der Waals surface area (Å²) in [6.07, 6.45) is 5.49. The van der Waals surface area contributed by atoms with Gasteiger partial charge < -0.3 is 15.0 Å². The number of anilines is 1. The number of aromatic nitrogens is 1. The number of methoxy groups -OCH3 is 1. The fraction of sp³-hybridized carbons (Fsp3) is 0.688. The number of pyridine rings is 1. The monoisotopic (exact) mass is 277 g/mol. The highest BCUT2D eigenvalue weighted by molar-refractivity contribution is 5.41. The van der Waals surface area contributed by atoms with Gasteiger partial charge in [-0.15, -0.1) is 0 Å². The molecule has 0 spiro atoms. The van der Waals surface area contributed by atoms with E-state index >= 15 is 0 Å². The van der Waals surface area contributed by atoms with E-state index in [1.165, 1.54) is 19.3 Å². The fourth-order valence-electron chi connectivity index (χ4n) is 2.85. The van der Waals surface area contributed by atoms with Gasteiger partial charge in [0.2, 0.25) is 0 Å². The summed E-state index contributed by atoms with van der Waals surface area (Å²) in [6, 6.07) is 4.67. The summed E-state index contributed by atoms with van der Waals surface area (Å²) in [4.78, 5) is 6.86. The van der Waals surface area contributed by atoms with Crippen LogP contribution >= 0.6 is 0 Å². The Morgan fingerprint density at radius 2 is 2.15 bits per heavy atom. The molecule has 1 aromatic heterocycles. The van der Waals surface area contributed by atoms with E-state index < -0.39 is 0 Å². The maximum atomic E-state index is 5.15. The Bertz CT molecular complexity index is 385. The Balaban J connectivity index is 1.83. The standard InChI is InChI=1S/C16H27N3O/c1-4-9-17-13(2)14-7-10-19(11-8-14)16-6-5-15(20-3)12-18-16/h5-6,12-14,17H,4,7-11H2,1-3H3. The molecule has 20 heavy (non-hydrogen) atoms. The SMILES string of the molecule is CCCNC(C)C1CCN(c2ccc(OC)cn2)CC1. The molecule has 1 aliphatic heterocycles. The van der Waals surface area contributed by atoms with Gasteiger partial charge in [0.15, 0.2) is 0 Å². The third-order valence-corrected chi connectivity index (χ3v) is 4.24. The van der Waals surface area contributed by atoms with E-state index in [-0.39, 0.29) is 0 Å². The van der Waals surface area contributed by atoms with Crippen molar-refractivity contribution in [3.8, 4) is 5.75 Å². The first-order valence-electron chi connectivity index (χ1n) is 7.73. The van der Waals surface area contributed by atoms with Gasteiger partial charge in [-0.05, 0) is 50.8 Å². The van der Waals surface area contributed by atoms with Crippen LogP contribution in [0.4, 0.5) is 5.82 Å². The van der Waals surface area contributed by atoms with Gasteiger partial charge in [-0.3, -0.25) is 0 Å². The molecule has 4 heteroatoms. The minimum atomic E-state index is 0.626. The summed E-state index contributed by atoms with van der Waals surface area (Å²) in [6.45, 7) is 7.87. The Morgan fingerprint density at radius 1 is 1.40 bits per heavy atom. The molecule has 0 amide bonds. The first kappa shape index (κ1) is 15.1. The smallest absolute Gasteiger partial charge is 0.137 e. The van der Waals surface area contributed by atoms with Gasteiger partial charge in [0.25, 0.3) is 0 Å². The summed E-state index contributed by atoms with van der Waals surface area (Å²) >= 11 is 0. The zero-order valence-corrected chi connectivity index (χ0v) is 12.9. The Morgan fingerprint density at radius 3 is 2.70 bits per heavy atom. The van der Waals surface area contributed by atoms with Crippen LogP contribution in [0.5, 0.6) is 5.75 Å².